The lowest BCUT2D eigenvalue weighted by atomic mass is 10.1. The van der Waals surface area contributed by atoms with Crippen molar-refractivity contribution in [3.63, 3.8) is 0 Å². The third kappa shape index (κ3) is 3.69. The maximum absolute atomic E-state index is 4.73. The van der Waals surface area contributed by atoms with E-state index in [1.165, 1.54) is 11.1 Å². The number of benzene rings is 1. The molecule has 0 bridgehead atoms. The summed E-state index contributed by atoms with van der Waals surface area (Å²) in [5.74, 6) is 1.83. The number of aryl methyl sites for hydroxylation is 2. The molecule has 0 aliphatic carbocycles. The molecule has 4 heteroatoms. The summed E-state index contributed by atoms with van der Waals surface area (Å²) in [6, 6.07) is 8.56. The van der Waals surface area contributed by atoms with Crippen molar-refractivity contribution in [2.24, 2.45) is 0 Å². The van der Waals surface area contributed by atoms with Crippen LogP contribution in [0.25, 0.3) is 0 Å². The van der Waals surface area contributed by atoms with Crippen LogP contribution in [0.3, 0.4) is 0 Å². The van der Waals surface area contributed by atoms with Crippen LogP contribution >= 0.6 is 22.6 Å². The van der Waals surface area contributed by atoms with Gasteiger partial charge in [0, 0.05) is 13.5 Å². The van der Waals surface area contributed by atoms with E-state index in [-0.39, 0.29) is 0 Å². The van der Waals surface area contributed by atoms with Gasteiger partial charge in [-0.25, -0.2) is 9.97 Å². The Kier molecular flexibility index (Phi) is 5.34. The van der Waals surface area contributed by atoms with E-state index in [1.807, 2.05) is 7.05 Å². The summed E-state index contributed by atoms with van der Waals surface area (Å²) in [7, 11) is 1.91. The lowest BCUT2D eigenvalue weighted by Gasteiger charge is -2.11. The Bertz CT molecular complexity index is 579. The second-order valence-corrected chi connectivity index (χ2v) is 5.99. The number of anilines is 1. The van der Waals surface area contributed by atoms with Crippen LogP contribution in [0, 0.1) is 10.5 Å². The standard InChI is InChI=1S/C16H20IN3/c1-4-5-13-15(17)16(18-3)20-14(19-13)10-12-8-6-11(2)7-9-12/h6-9H,4-5,10H2,1-3H3,(H,18,19,20). The molecule has 0 saturated heterocycles. The lowest BCUT2D eigenvalue weighted by molar-refractivity contribution is 0.834. The van der Waals surface area contributed by atoms with Gasteiger partial charge in [-0.2, -0.15) is 0 Å². The molecule has 3 nitrogen and oxygen atoms in total. The van der Waals surface area contributed by atoms with Crippen molar-refractivity contribution in [1.29, 1.82) is 0 Å². The van der Waals surface area contributed by atoms with Crippen molar-refractivity contribution in [2.75, 3.05) is 12.4 Å². The van der Waals surface area contributed by atoms with Gasteiger partial charge in [-0.05, 0) is 41.5 Å². The number of hydrogen-bond donors (Lipinski definition) is 1. The quantitative estimate of drug-likeness (QED) is 0.797. The molecule has 0 radical (unpaired) electrons. The van der Waals surface area contributed by atoms with Crippen LogP contribution in [0.5, 0.6) is 0 Å². The molecule has 20 heavy (non-hydrogen) atoms. The fourth-order valence-corrected chi connectivity index (χ4v) is 2.86. The summed E-state index contributed by atoms with van der Waals surface area (Å²) in [5.41, 5.74) is 3.68. The van der Waals surface area contributed by atoms with Gasteiger partial charge < -0.3 is 5.32 Å². The first-order chi connectivity index (χ1) is 9.63. The molecular formula is C16H20IN3. The van der Waals surface area contributed by atoms with Gasteiger partial charge >= 0.3 is 0 Å². The Morgan fingerprint density at radius 2 is 1.85 bits per heavy atom. The largest absolute Gasteiger partial charge is 0.372 e. The van der Waals surface area contributed by atoms with Crippen LogP contribution in [0.2, 0.25) is 0 Å². The Morgan fingerprint density at radius 1 is 1.15 bits per heavy atom. The van der Waals surface area contributed by atoms with Crippen LogP contribution < -0.4 is 5.32 Å². The number of aromatic nitrogens is 2. The molecule has 0 aliphatic rings. The van der Waals surface area contributed by atoms with Crippen LogP contribution in [-0.2, 0) is 12.8 Å². The topological polar surface area (TPSA) is 37.8 Å². The smallest absolute Gasteiger partial charge is 0.143 e. The van der Waals surface area contributed by atoms with E-state index in [0.29, 0.717) is 0 Å². The predicted molar refractivity (Wildman–Crippen MR) is 92.3 cm³/mol. The summed E-state index contributed by atoms with van der Waals surface area (Å²) in [6.07, 6.45) is 2.87. The summed E-state index contributed by atoms with van der Waals surface area (Å²) >= 11 is 2.33. The van der Waals surface area contributed by atoms with Gasteiger partial charge in [-0.1, -0.05) is 43.2 Å². The molecule has 1 heterocycles. The minimum atomic E-state index is 0.780. The summed E-state index contributed by atoms with van der Waals surface area (Å²) in [4.78, 5) is 9.35. The minimum Gasteiger partial charge on any atom is -0.372 e. The summed E-state index contributed by atoms with van der Waals surface area (Å²) in [5, 5.41) is 3.17. The average Bonchev–Trinajstić information content (AvgIpc) is 2.45. The molecular weight excluding hydrogens is 361 g/mol. The molecule has 0 atom stereocenters. The number of halogens is 1. The van der Waals surface area contributed by atoms with Gasteiger partial charge in [-0.3, -0.25) is 0 Å². The maximum atomic E-state index is 4.73. The van der Waals surface area contributed by atoms with Crippen LogP contribution in [0.1, 0.15) is 36.0 Å². The van der Waals surface area contributed by atoms with E-state index in [2.05, 4.69) is 71.0 Å². The Labute approximate surface area is 134 Å². The molecule has 0 aliphatic heterocycles. The van der Waals surface area contributed by atoms with Gasteiger partial charge in [0.2, 0.25) is 0 Å². The first-order valence-electron chi connectivity index (χ1n) is 6.92. The second-order valence-electron chi connectivity index (χ2n) is 4.91. The summed E-state index contributed by atoms with van der Waals surface area (Å²) in [6.45, 7) is 4.28. The van der Waals surface area contributed by atoms with Crippen LogP contribution in [0.15, 0.2) is 24.3 Å². The molecule has 0 amide bonds. The highest BCUT2D eigenvalue weighted by Gasteiger charge is 2.11. The van der Waals surface area contributed by atoms with Crippen molar-refractivity contribution in [3.05, 3.63) is 50.5 Å². The second kappa shape index (κ2) is 7.02. The zero-order chi connectivity index (χ0) is 14.5. The maximum Gasteiger partial charge on any atom is 0.143 e. The molecule has 2 aromatic rings. The number of nitrogens with one attached hydrogen (secondary N) is 1. The SMILES string of the molecule is CCCc1nc(Cc2ccc(C)cc2)nc(NC)c1I. The highest BCUT2D eigenvalue weighted by molar-refractivity contribution is 14.1. The third-order valence-electron chi connectivity index (χ3n) is 3.17. The monoisotopic (exact) mass is 381 g/mol. The molecule has 1 aromatic carbocycles. The molecule has 0 unspecified atom stereocenters. The van der Waals surface area contributed by atoms with Crippen molar-refractivity contribution >= 4 is 28.4 Å². The average molecular weight is 381 g/mol. The van der Waals surface area contributed by atoms with Crippen molar-refractivity contribution in [2.45, 2.75) is 33.1 Å². The lowest BCUT2D eigenvalue weighted by Crippen LogP contribution is -2.08. The van der Waals surface area contributed by atoms with Gasteiger partial charge in [-0.15, -0.1) is 0 Å². The van der Waals surface area contributed by atoms with E-state index in [0.717, 1.165) is 40.2 Å². The highest BCUT2D eigenvalue weighted by atomic mass is 127. The van der Waals surface area contributed by atoms with E-state index in [1.54, 1.807) is 0 Å². The molecule has 1 aromatic heterocycles. The predicted octanol–water partition coefficient (Wildman–Crippen LogP) is 3.97. The molecule has 0 saturated carbocycles. The first kappa shape index (κ1) is 15.2. The van der Waals surface area contributed by atoms with Crippen LogP contribution in [-0.4, -0.2) is 17.0 Å². The van der Waals surface area contributed by atoms with E-state index in [4.69, 9.17) is 4.98 Å². The minimum absolute atomic E-state index is 0.780. The van der Waals surface area contributed by atoms with Crippen molar-refractivity contribution < 1.29 is 0 Å². The van der Waals surface area contributed by atoms with Gasteiger partial charge in [0.15, 0.2) is 0 Å². The van der Waals surface area contributed by atoms with E-state index < -0.39 is 0 Å². The number of rotatable bonds is 5. The number of hydrogen-bond acceptors (Lipinski definition) is 3. The fraction of sp³-hybridized carbons (Fsp3) is 0.375. The van der Waals surface area contributed by atoms with Gasteiger partial charge in [0.1, 0.15) is 11.6 Å². The Morgan fingerprint density at radius 3 is 2.45 bits per heavy atom. The Hall–Kier alpha value is -1.17. The molecule has 106 valence electrons. The van der Waals surface area contributed by atoms with Crippen LogP contribution in [0.4, 0.5) is 5.82 Å². The first-order valence-corrected chi connectivity index (χ1v) is 8.00. The van der Waals surface area contributed by atoms with Crippen molar-refractivity contribution in [1.82, 2.24) is 9.97 Å². The third-order valence-corrected chi connectivity index (χ3v) is 4.31. The molecule has 0 spiro atoms. The van der Waals surface area contributed by atoms with Gasteiger partial charge in [0.05, 0.1) is 9.26 Å². The number of nitrogens with zero attached hydrogens (tertiary/aromatic N) is 2. The zero-order valence-corrected chi connectivity index (χ0v) is 14.4. The normalized spacial score (nSPS) is 10.6. The zero-order valence-electron chi connectivity index (χ0n) is 12.2. The van der Waals surface area contributed by atoms with E-state index >= 15 is 0 Å². The molecule has 1 N–H and O–H groups in total. The Balaban J connectivity index is 2.31. The van der Waals surface area contributed by atoms with E-state index in [9.17, 15) is 0 Å². The fourth-order valence-electron chi connectivity index (χ4n) is 2.08. The van der Waals surface area contributed by atoms with Crippen molar-refractivity contribution in [3.8, 4) is 0 Å². The molecule has 2 rings (SSSR count). The molecule has 0 fully saturated rings. The highest BCUT2D eigenvalue weighted by Crippen LogP contribution is 2.21. The summed E-state index contributed by atoms with van der Waals surface area (Å²) < 4.78 is 1.14. The van der Waals surface area contributed by atoms with Gasteiger partial charge in [0.25, 0.3) is 0 Å².